The largest absolute Gasteiger partial charge is 0.476 e. The second-order valence-corrected chi connectivity index (χ2v) is 8.06. The molecular weight excluding hydrogens is 406 g/mol. The van der Waals surface area contributed by atoms with E-state index >= 15 is 0 Å². The molecule has 2 aromatic rings. The van der Waals surface area contributed by atoms with Crippen LogP contribution in [0.3, 0.4) is 0 Å². The number of carbonyl (C=O) groups is 1. The first-order valence-corrected chi connectivity index (χ1v) is 10.4. The predicted molar refractivity (Wildman–Crippen MR) is 117 cm³/mol. The third kappa shape index (κ3) is 5.27. The number of carboxylic acids is 1. The highest BCUT2D eigenvalue weighted by Gasteiger charge is 2.23. The molecule has 4 rings (SSSR count). The van der Waals surface area contributed by atoms with Gasteiger partial charge < -0.3 is 21.1 Å². The van der Waals surface area contributed by atoms with Crippen LogP contribution < -0.4 is 11.1 Å². The van der Waals surface area contributed by atoms with Gasteiger partial charge in [-0.15, -0.1) is 12.4 Å². The van der Waals surface area contributed by atoms with Crippen molar-refractivity contribution >= 4 is 24.2 Å². The van der Waals surface area contributed by atoms with Crippen LogP contribution in [0.5, 0.6) is 0 Å². The van der Waals surface area contributed by atoms with Crippen molar-refractivity contribution in [1.29, 1.82) is 0 Å². The van der Waals surface area contributed by atoms with E-state index < -0.39 is 5.97 Å². The number of nitrogens with two attached hydrogens (primary N) is 1. The molecule has 0 saturated carbocycles. The summed E-state index contributed by atoms with van der Waals surface area (Å²) in [5, 5.41) is 17.1. The highest BCUT2D eigenvalue weighted by atomic mass is 35.5. The van der Waals surface area contributed by atoms with E-state index in [1.807, 2.05) is 10.9 Å². The highest BCUT2D eigenvalue weighted by Crippen LogP contribution is 2.26. The number of anilines is 1. The van der Waals surface area contributed by atoms with Crippen LogP contribution in [0.2, 0.25) is 0 Å². The zero-order chi connectivity index (χ0) is 20.2. The molecule has 2 saturated heterocycles. The summed E-state index contributed by atoms with van der Waals surface area (Å²) in [6.07, 6.45) is 11.2. The van der Waals surface area contributed by atoms with Crippen molar-refractivity contribution in [2.45, 2.75) is 38.1 Å². The van der Waals surface area contributed by atoms with Crippen LogP contribution in [0.25, 0.3) is 11.3 Å². The van der Waals surface area contributed by atoms with E-state index in [1.54, 1.807) is 6.20 Å². The molecule has 30 heavy (non-hydrogen) atoms. The number of carboxylic acid groups (broad SMARTS) is 1. The quantitative estimate of drug-likeness (QED) is 0.630. The van der Waals surface area contributed by atoms with E-state index in [2.05, 4.69) is 25.3 Å². The summed E-state index contributed by atoms with van der Waals surface area (Å²) in [6, 6.07) is 0.361. The Morgan fingerprint density at radius 1 is 1.20 bits per heavy atom. The van der Waals surface area contributed by atoms with Gasteiger partial charge in [0.25, 0.3) is 0 Å². The molecule has 4 N–H and O–H groups in total. The van der Waals surface area contributed by atoms with Gasteiger partial charge in [0.05, 0.1) is 24.1 Å². The van der Waals surface area contributed by atoms with Crippen molar-refractivity contribution in [3.63, 3.8) is 0 Å². The molecule has 4 heterocycles. The monoisotopic (exact) mass is 435 g/mol. The van der Waals surface area contributed by atoms with E-state index in [1.165, 1.54) is 45.1 Å². The van der Waals surface area contributed by atoms with Crippen molar-refractivity contribution in [1.82, 2.24) is 30.0 Å². The Kier molecular flexibility index (Phi) is 7.63. The first-order valence-electron chi connectivity index (χ1n) is 10.4. The molecule has 0 amide bonds. The molecule has 0 aromatic carbocycles. The molecular formula is C20H30ClN7O2. The maximum Gasteiger partial charge on any atom is 0.358 e. The Morgan fingerprint density at radius 3 is 2.63 bits per heavy atom. The number of halogens is 1. The zero-order valence-corrected chi connectivity index (χ0v) is 17.9. The SMILES string of the molecule is Cl.Nc1ncc(-c2cnn(C3CCN(CCC4CCNCC4)CC3)c2)nc1C(=O)O. The molecule has 0 aliphatic carbocycles. The van der Waals surface area contributed by atoms with Crippen molar-refractivity contribution in [2.24, 2.45) is 5.92 Å². The topological polar surface area (TPSA) is 122 Å². The van der Waals surface area contributed by atoms with Gasteiger partial charge in [0.1, 0.15) is 0 Å². The van der Waals surface area contributed by atoms with E-state index in [0.29, 0.717) is 11.7 Å². The van der Waals surface area contributed by atoms with Crippen molar-refractivity contribution in [2.75, 3.05) is 38.5 Å². The number of aromatic carboxylic acids is 1. The standard InChI is InChI=1S/C20H29N7O2.ClH/c21-19-18(20(28)29)25-17(12-23-19)15-11-24-27(13-15)16-4-9-26(10-5-16)8-3-14-1-6-22-7-2-14;/h11-14,16,22H,1-10H2,(H2,21,23)(H,28,29);1H. The average molecular weight is 436 g/mol. The van der Waals surface area contributed by atoms with Crippen LogP contribution >= 0.6 is 12.4 Å². The van der Waals surface area contributed by atoms with Gasteiger partial charge in [-0.25, -0.2) is 14.8 Å². The van der Waals surface area contributed by atoms with Crippen LogP contribution in [-0.2, 0) is 0 Å². The number of nitrogens with one attached hydrogen (secondary N) is 1. The zero-order valence-electron chi connectivity index (χ0n) is 17.0. The van der Waals surface area contributed by atoms with Gasteiger partial charge in [-0.3, -0.25) is 4.68 Å². The minimum Gasteiger partial charge on any atom is -0.476 e. The van der Waals surface area contributed by atoms with Gasteiger partial charge in [-0.05, 0) is 57.7 Å². The van der Waals surface area contributed by atoms with Crippen molar-refractivity contribution in [3.05, 3.63) is 24.3 Å². The number of nitrogen functional groups attached to an aromatic ring is 1. The molecule has 164 valence electrons. The van der Waals surface area contributed by atoms with E-state index in [9.17, 15) is 9.90 Å². The molecule has 10 heteroatoms. The number of hydrogen-bond donors (Lipinski definition) is 3. The molecule has 2 fully saturated rings. The molecule has 0 radical (unpaired) electrons. The number of aromatic nitrogens is 4. The third-order valence-electron chi connectivity index (χ3n) is 6.14. The number of piperidine rings is 2. The van der Waals surface area contributed by atoms with Gasteiger partial charge in [-0.2, -0.15) is 5.10 Å². The number of nitrogens with zero attached hydrogens (tertiary/aromatic N) is 5. The summed E-state index contributed by atoms with van der Waals surface area (Å²) in [7, 11) is 0. The van der Waals surface area contributed by atoms with Crippen molar-refractivity contribution < 1.29 is 9.90 Å². The van der Waals surface area contributed by atoms with E-state index in [0.717, 1.165) is 37.4 Å². The highest BCUT2D eigenvalue weighted by molar-refractivity contribution is 5.90. The number of hydrogen-bond acceptors (Lipinski definition) is 7. The Morgan fingerprint density at radius 2 is 1.93 bits per heavy atom. The third-order valence-corrected chi connectivity index (χ3v) is 6.14. The number of likely N-dealkylation sites (tertiary alicyclic amines) is 1. The lowest BCUT2D eigenvalue weighted by Crippen LogP contribution is -2.37. The maximum atomic E-state index is 11.2. The van der Waals surface area contributed by atoms with Crippen LogP contribution in [0, 0.1) is 5.92 Å². The van der Waals surface area contributed by atoms with Gasteiger partial charge >= 0.3 is 5.97 Å². The summed E-state index contributed by atoms with van der Waals surface area (Å²) in [5.74, 6) is -0.383. The van der Waals surface area contributed by atoms with Crippen LogP contribution in [0.15, 0.2) is 18.6 Å². The first kappa shape index (κ1) is 22.5. The lowest BCUT2D eigenvalue weighted by molar-refractivity contribution is 0.0691. The van der Waals surface area contributed by atoms with Crippen LogP contribution in [0.4, 0.5) is 5.82 Å². The first-order chi connectivity index (χ1) is 14.1. The van der Waals surface area contributed by atoms with Crippen LogP contribution in [-0.4, -0.2) is 68.4 Å². The minimum absolute atomic E-state index is 0. The molecule has 0 bridgehead atoms. The van der Waals surface area contributed by atoms with E-state index in [4.69, 9.17) is 5.73 Å². The maximum absolute atomic E-state index is 11.2. The lowest BCUT2D eigenvalue weighted by atomic mass is 9.94. The second-order valence-electron chi connectivity index (χ2n) is 8.06. The fourth-order valence-corrected chi connectivity index (χ4v) is 4.31. The summed E-state index contributed by atoms with van der Waals surface area (Å²) in [5.41, 5.74) is 6.60. The fraction of sp³-hybridized carbons (Fsp3) is 0.600. The van der Waals surface area contributed by atoms with Crippen molar-refractivity contribution in [3.8, 4) is 11.3 Å². The Labute approximate surface area is 182 Å². The molecule has 2 aliphatic rings. The predicted octanol–water partition coefficient (Wildman–Crippen LogP) is 2.07. The smallest absolute Gasteiger partial charge is 0.358 e. The summed E-state index contributed by atoms with van der Waals surface area (Å²) in [6.45, 7) is 5.72. The summed E-state index contributed by atoms with van der Waals surface area (Å²) in [4.78, 5) is 21.9. The number of rotatable bonds is 6. The molecule has 9 nitrogen and oxygen atoms in total. The van der Waals surface area contributed by atoms with Gasteiger partial charge in [-0.1, -0.05) is 0 Å². The summed E-state index contributed by atoms with van der Waals surface area (Å²) >= 11 is 0. The lowest BCUT2D eigenvalue weighted by Gasteiger charge is -2.33. The molecule has 0 atom stereocenters. The minimum atomic E-state index is -1.18. The second kappa shape index (κ2) is 10.2. The summed E-state index contributed by atoms with van der Waals surface area (Å²) < 4.78 is 1.98. The Hall–Kier alpha value is -2.23. The normalized spacial score (nSPS) is 18.8. The van der Waals surface area contributed by atoms with Gasteiger partial charge in [0.2, 0.25) is 0 Å². The van der Waals surface area contributed by atoms with E-state index in [-0.39, 0.29) is 23.9 Å². The van der Waals surface area contributed by atoms with Gasteiger partial charge in [0.15, 0.2) is 11.5 Å². The van der Waals surface area contributed by atoms with Gasteiger partial charge in [0, 0.05) is 24.8 Å². The molecule has 2 aliphatic heterocycles. The van der Waals surface area contributed by atoms with Crippen LogP contribution in [0.1, 0.15) is 48.6 Å². The Bertz CT molecular complexity index is 845. The fourth-order valence-electron chi connectivity index (χ4n) is 4.31. The Balaban J connectivity index is 0.00000256. The average Bonchev–Trinajstić information content (AvgIpc) is 3.24. The molecule has 2 aromatic heterocycles. The molecule has 0 unspecified atom stereocenters. The molecule has 0 spiro atoms.